The number of carbonyl (C=O) groups excluding carboxylic acids is 1. The molecule has 0 bridgehead atoms. The number of nitrogens with one attached hydrogen (secondary N) is 1. The standard InChI is InChI=1S/C52H83NO8/c1-3-5-7-9-11-13-15-16-17-18-19-20-21-22-23-24-25-26-27-28-29-30-32-34-36-38-40-42-48(56)53-45(44-60-52-51(59)50(58)49(57)47(43-54)61-52)46(55)41-39-37-35-33-31-14-12-10-8-6-4-2/h5,7-8,10-11,13,16-17,19-20,22-23,25-26,28-29,31,33,39,41,45-47,49-52,54-55,57-59H,3-4,6,9,12,14-15,18,21,24,27,30,32,34-38,40,42-44H2,1-2H3,(H,53,56)/b7-5-,10-8+,13-11-,17-16-,20-19-,23-22-,26-25-,29-28-,33-31+,41-39+. The molecule has 0 spiro atoms. The summed E-state index contributed by atoms with van der Waals surface area (Å²) in [5, 5.41) is 54.0. The third-order valence-electron chi connectivity index (χ3n) is 9.98. The summed E-state index contributed by atoms with van der Waals surface area (Å²) in [5.74, 6) is -0.219. The van der Waals surface area contributed by atoms with Gasteiger partial charge in [0.25, 0.3) is 0 Å². The lowest BCUT2D eigenvalue weighted by Crippen LogP contribution is -2.60. The number of carbonyl (C=O) groups is 1. The van der Waals surface area contributed by atoms with Crippen LogP contribution in [0, 0.1) is 0 Å². The Kier molecular flexibility index (Phi) is 37.1. The number of aliphatic hydroxyl groups is 5. The van der Waals surface area contributed by atoms with E-state index >= 15 is 0 Å². The topological polar surface area (TPSA) is 149 Å². The van der Waals surface area contributed by atoms with Crippen LogP contribution in [0.1, 0.15) is 142 Å². The lowest BCUT2D eigenvalue weighted by atomic mass is 9.99. The quantitative estimate of drug-likeness (QED) is 0.0270. The third kappa shape index (κ3) is 31.1. The molecule has 7 unspecified atom stereocenters. The van der Waals surface area contributed by atoms with Crippen molar-refractivity contribution in [3.8, 4) is 0 Å². The molecule has 0 aliphatic carbocycles. The second-order valence-electron chi connectivity index (χ2n) is 15.4. The third-order valence-corrected chi connectivity index (χ3v) is 9.98. The fourth-order valence-corrected chi connectivity index (χ4v) is 6.29. The summed E-state index contributed by atoms with van der Waals surface area (Å²) in [6, 6.07) is -0.846. The molecular formula is C52H83NO8. The van der Waals surface area contributed by atoms with Crippen LogP contribution in [0.15, 0.2) is 122 Å². The molecule has 1 amide bonds. The maximum atomic E-state index is 12.9. The average Bonchev–Trinajstić information content (AvgIpc) is 3.26. The molecule has 1 saturated heterocycles. The van der Waals surface area contributed by atoms with Gasteiger partial charge in [0.2, 0.25) is 5.91 Å². The van der Waals surface area contributed by atoms with Crippen molar-refractivity contribution in [2.24, 2.45) is 0 Å². The molecule has 0 aromatic rings. The van der Waals surface area contributed by atoms with Gasteiger partial charge in [-0.1, -0.05) is 161 Å². The van der Waals surface area contributed by atoms with E-state index in [1.165, 1.54) is 0 Å². The first-order valence-corrected chi connectivity index (χ1v) is 23.3. The molecule has 9 heteroatoms. The van der Waals surface area contributed by atoms with Crippen LogP contribution in [0.5, 0.6) is 0 Å². The van der Waals surface area contributed by atoms with E-state index < -0.39 is 49.5 Å². The average molecular weight is 850 g/mol. The smallest absolute Gasteiger partial charge is 0.220 e. The van der Waals surface area contributed by atoms with Gasteiger partial charge < -0.3 is 40.3 Å². The van der Waals surface area contributed by atoms with Crippen LogP contribution in [0.25, 0.3) is 0 Å². The van der Waals surface area contributed by atoms with E-state index in [1.807, 2.05) is 6.08 Å². The van der Waals surface area contributed by atoms with Crippen molar-refractivity contribution in [3.05, 3.63) is 122 Å². The molecule has 6 N–H and O–H groups in total. The Bertz CT molecular complexity index is 1360. The van der Waals surface area contributed by atoms with Gasteiger partial charge in [-0.25, -0.2) is 0 Å². The van der Waals surface area contributed by atoms with E-state index in [9.17, 15) is 30.3 Å². The van der Waals surface area contributed by atoms with Gasteiger partial charge in [-0.05, 0) is 96.3 Å². The lowest BCUT2D eigenvalue weighted by molar-refractivity contribution is -0.302. The minimum absolute atomic E-state index is 0.219. The number of hydrogen-bond acceptors (Lipinski definition) is 8. The molecular weight excluding hydrogens is 767 g/mol. The van der Waals surface area contributed by atoms with E-state index in [0.717, 1.165) is 116 Å². The van der Waals surface area contributed by atoms with Crippen LogP contribution < -0.4 is 5.32 Å². The predicted molar refractivity (Wildman–Crippen MR) is 253 cm³/mol. The van der Waals surface area contributed by atoms with Crippen molar-refractivity contribution < 1.29 is 39.8 Å². The fourth-order valence-electron chi connectivity index (χ4n) is 6.29. The highest BCUT2D eigenvalue weighted by molar-refractivity contribution is 5.76. The number of aliphatic hydroxyl groups excluding tert-OH is 5. The van der Waals surface area contributed by atoms with E-state index in [2.05, 4.69) is 129 Å². The number of hydrogen-bond donors (Lipinski definition) is 6. The largest absolute Gasteiger partial charge is 0.394 e. The first-order valence-electron chi connectivity index (χ1n) is 23.3. The first-order chi connectivity index (χ1) is 29.8. The van der Waals surface area contributed by atoms with Crippen molar-refractivity contribution in [2.45, 2.75) is 185 Å². The van der Waals surface area contributed by atoms with Gasteiger partial charge in [-0.2, -0.15) is 0 Å². The minimum Gasteiger partial charge on any atom is -0.394 e. The Morgan fingerprint density at radius 1 is 0.574 bits per heavy atom. The second-order valence-corrected chi connectivity index (χ2v) is 15.4. The Morgan fingerprint density at radius 3 is 1.56 bits per heavy atom. The van der Waals surface area contributed by atoms with Crippen molar-refractivity contribution in [3.63, 3.8) is 0 Å². The zero-order valence-corrected chi connectivity index (χ0v) is 37.6. The molecule has 1 fully saturated rings. The Balaban J connectivity index is 2.33. The van der Waals surface area contributed by atoms with Gasteiger partial charge >= 0.3 is 0 Å². The summed E-state index contributed by atoms with van der Waals surface area (Å²) in [5.41, 5.74) is 0. The summed E-state index contributed by atoms with van der Waals surface area (Å²) in [7, 11) is 0. The highest BCUT2D eigenvalue weighted by atomic mass is 16.7. The Labute approximate surface area is 369 Å². The van der Waals surface area contributed by atoms with Crippen molar-refractivity contribution in [2.75, 3.05) is 13.2 Å². The minimum atomic E-state index is -1.58. The van der Waals surface area contributed by atoms with Crippen LogP contribution in [0.2, 0.25) is 0 Å². The van der Waals surface area contributed by atoms with E-state index in [-0.39, 0.29) is 12.5 Å². The lowest BCUT2D eigenvalue weighted by Gasteiger charge is -2.40. The van der Waals surface area contributed by atoms with Crippen LogP contribution in [-0.2, 0) is 14.3 Å². The summed E-state index contributed by atoms with van der Waals surface area (Å²) in [6.07, 6.45) is 53.9. The molecule has 344 valence electrons. The molecule has 61 heavy (non-hydrogen) atoms. The van der Waals surface area contributed by atoms with Crippen LogP contribution in [0.3, 0.4) is 0 Å². The van der Waals surface area contributed by atoms with Crippen molar-refractivity contribution >= 4 is 5.91 Å². The normalized spacial score (nSPS) is 21.6. The highest BCUT2D eigenvalue weighted by Crippen LogP contribution is 2.22. The van der Waals surface area contributed by atoms with Crippen molar-refractivity contribution in [1.29, 1.82) is 0 Å². The molecule has 1 heterocycles. The maximum Gasteiger partial charge on any atom is 0.220 e. The monoisotopic (exact) mass is 850 g/mol. The number of unbranched alkanes of at least 4 members (excludes halogenated alkanes) is 8. The Hall–Kier alpha value is -3.41. The molecule has 0 aromatic carbocycles. The Morgan fingerprint density at radius 2 is 1.03 bits per heavy atom. The van der Waals surface area contributed by atoms with Gasteiger partial charge in [-0.3, -0.25) is 4.79 Å². The molecule has 7 atom stereocenters. The molecule has 9 nitrogen and oxygen atoms in total. The van der Waals surface area contributed by atoms with E-state index in [4.69, 9.17) is 9.47 Å². The zero-order chi connectivity index (χ0) is 44.4. The van der Waals surface area contributed by atoms with Gasteiger partial charge in [0, 0.05) is 6.42 Å². The SMILES string of the molecule is CC/C=C\C/C=C\C/C=C\C/C=C\C/C=C\C/C=C\C/C=C\CCCCCCCC(=O)NC(COC1OC(CO)C(O)C(O)C1O)C(O)/C=C/CC/C=C/CC/C=C/CCC. The number of allylic oxidation sites excluding steroid dienone is 19. The second kappa shape index (κ2) is 40.6. The van der Waals surface area contributed by atoms with Crippen LogP contribution in [-0.4, -0.2) is 87.5 Å². The molecule has 1 rings (SSSR count). The molecule has 1 aliphatic heterocycles. The van der Waals surface area contributed by atoms with Crippen LogP contribution in [0.4, 0.5) is 0 Å². The summed E-state index contributed by atoms with van der Waals surface area (Å²) in [4.78, 5) is 12.9. The summed E-state index contributed by atoms with van der Waals surface area (Å²) < 4.78 is 11.2. The van der Waals surface area contributed by atoms with Crippen LogP contribution >= 0.6 is 0 Å². The van der Waals surface area contributed by atoms with Gasteiger partial charge in [0.05, 0.1) is 25.4 Å². The summed E-state index contributed by atoms with van der Waals surface area (Å²) >= 11 is 0. The number of amides is 1. The zero-order valence-electron chi connectivity index (χ0n) is 37.6. The molecule has 0 saturated carbocycles. The van der Waals surface area contributed by atoms with Gasteiger partial charge in [0.1, 0.15) is 24.4 Å². The van der Waals surface area contributed by atoms with Gasteiger partial charge in [-0.15, -0.1) is 0 Å². The molecule has 1 aliphatic rings. The maximum absolute atomic E-state index is 12.9. The first kappa shape index (κ1) is 55.6. The van der Waals surface area contributed by atoms with Gasteiger partial charge in [0.15, 0.2) is 6.29 Å². The molecule has 0 aromatic heterocycles. The predicted octanol–water partition coefficient (Wildman–Crippen LogP) is 10.1. The highest BCUT2D eigenvalue weighted by Gasteiger charge is 2.44. The fraction of sp³-hybridized carbons (Fsp3) is 0.596. The summed E-state index contributed by atoms with van der Waals surface area (Å²) in [6.45, 7) is 3.51. The number of rotatable bonds is 36. The number of ether oxygens (including phenoxy) is 2. The molecule has 0 radical (unpaired) electrons. The van der Waals surface area contributed by atoms with E-state index in [1.54, 1.807) is 6.08 Å². The van der Waals surface area contributed by atoms with Crippen molar-refractivity contribution in [1.82, 2.24) is 5.32 Å². The van der Waals surface area contributed by atoms with E-state index in [0.29, 0.717) is 12.8 Å².